The molecule has 0 bridgehead atoms. The lowest BCUT2D eigenvalue weighted by molar-refractivity contribution is 0.291. The number of pyridine rings is 1. The van der Waals surface area contributed by atoms with Crippen LogP contribution in [0.3, 0.4) is 0 Å². The summed E-state index contributed by atoms with van der Waals surface area (Å²) in [5.41, 5.74) is 2.22. The van der Waals surface area contributed by atoms with E-state index in [0.29, 0.717) is 12.0 Å². The van der Waals surface area contributed by atoms with Gasteiger partial charge in [0.1, 0.15) is 0 Å². The number of hydrogen-bond acceptors (Lipinski definition) is 3. The van der Waals surface area contributed by atoms with Crippen molar-refractivity contribution in [3.63, 3.8) is 0 Å². The quantitative estimate of drug-likeness (QED) is 0.747. The van der Waals surface area contributed by atoms with Gasteiger partial charge in [-0.25, -0.2) is 0 Å². The summed E-state index contributed by atoms with van der Waals surface area (Å²) in [4.78, 5) is 9.56. The molecule has 3 rings (SSSR count). The van der Waals surface area contributed by atoms with E-state index in [4.69, 9.17) is 11.6 Å². The number of rotatable bonds is 6. The molecule has 1 aromatic carbocycles. The number of benzene rings is 1. The Balaban J connectivity index is 1.89. The lowest BCUT2D eigenvalue weighted by Gasteiger charge is -2.35. The molecule has 3 nitrogen and oxygen atoms in total. The minimum Gasteiger partial charge on any atom is -0.370 e. The number of likely N-dealkylation sites (N-methyl/N-ethyl adjacent to an activating group) is 1. The molecule has 0 amide bonds. The van der Waals surface area contributed by atoms with E-state index in [-0.39, 0.29) is 0 Å². The molecular weight excluding hydrogens is 318 g/mol. The Morgan fingerprint density at radius 1 is 1.21 bits per heavy atom. The van der Waals surface area contributed by atoms with Crippen molar-refractivity contribution < 1.29 is 0 Å². The average Bonchev–Trinajstić information content (AvgIpc) is 3.05. The summed E-state index contributed by atoms with van der Waals surface area (Å²) >= 11 is 6.14. The zero-order valence-electron chi connectivity index (χ0n) is 15.0. The van der Waals surface area contributed by atoms with Crippen LogP contribution >= 0.6 is 11.6 Å². The van der Waals surface area contributed by atoms with Crippen LogP contribution in [0.25, 0.3) is 10.9 Å². The third-order valence-corrected chi connectivity index (χ3v) is 5.26. The summed E-state index contributed by atoms with van der Waals surface area (Å²) in [6.07, 6.45) is 5.78. The van der Waals surface area contributed by atoms with Crippen LogP contribution in [0.1, 0.15) is 33.1 Å². The van der Waals surface area contributed by atoms with Gasteiger partial charge < -0.3 is 9.80 Å². The third kappa shape index (κ3) is 4.01. The minimum absolute atomic E-state index is 0.518. The van der Waals surface area contributed by atoms with Crippen molar-refractivity contribution in [1.82, 2.24) is 9.88 Å². The minimum atomic E-state index is 0.518. The van der Waals surface area contributed by atoms with E-state index in [1.807, 2.05) is 18.3 Å². The standard InChI is InChI=1S/C20H28ClN3/c1-15(2)12-17(14-24-10-4-5-11-24)23(3)20-8-9-22-19-13-16(21)6-7-18(19)20/h6-9,13,15,17H,4-5,10-12,14H2,1-3H3. The maximum Gasteiger partial charge on any atom is 0.0737 e. The number of likely N-dealkylation sites (tertiary alicyclic amines) is 1. The van der Waals surface area contributed by atoms with Crippen LogP contribution < -0.4 is 4.90 Å². The molecule has 130 valence electrons. The molecule has 4 heteroatoms. The highest BCUT2D eigenvalue weighted by Gasteiger charge is 2.23. The highest BCUT2D eigenvalue weighted by molar-refractivity contribution is 6.31. The van der Waals surface area contributed by atoms with E-state index < -0.39 is 0 Å². The van der Waals surface area contributed by atoms with Crippen LogP contribution in [0.15, 0.2) is 30.5 Å². The first-order valence-electron chi connectivity index (χ1n) is 9.04. The molecule has 1 aliphatic heterocycles. The van der Waals surface area contributed by atoms with Gasteiger partial charge >= 0.3 is 0 Å². The van der Waals surface area contributed by atoms with Crippen LogP contribution in [0.4, 0.5) is 5.69 Å². The third-order valence-electron chi connectivity index (χ3n) is 5.02. The number of halogens is 1. The van der Waals surface area contributed by atoms with Gasteiger partial charge in [0.15, 0.2) is 0 Å². The topological polar surface area (TPSA) is 19.4 Å². The zero-order chi connectivity index (χ0) is 17.1. The lowest BCUT2D eigenvalue weighted by Crippen LogP contribution is -2.42. The second-order valence-electron chi connectivity index (χ2n) is 7.39. The van der Waals surface area contributed by atoms with E-state index in [1.54, 1.807) is 0 Å². The van der Waals surface area contributed by atoms with E-state index in [9.17, 15) is 0 Å². The van der Waals surface area contributed by atoms with Crippen molar-refractivity contribution in [3.05, 3.63) is 35.5 Å². The molecule has 24 heavy (non-hydrogen) atoms. The molecule has 0 spiro atoms. The summed E-state index contributed by atoms with van der Waals surface area (Å²) in [6, 6.07) is 8.66. The smallest absolute Gasteiger partial charge is 0.0737 e. The summed E-state index contributed by atoms with van der Waals surface area (Å²) < 4.78 is 0. The van der Waals surface area contributed by atoms with Crippen molar-refractivity contribution in [2.24, 2.45) is 5.92 Å². The molecule has 2 aromatic rings. The second-order valence-corrected chi connectivity index (χ2v) is 7.83. The number of anilines is 1. The molecule has 2 heterocycles. The first kappa shape index (κ1) is 17.5. The van der Waals surface area contributed by atoms with E-state index in [1.165, 1.54) is 43.4 Å². The Hall–Kier alpha value is -1.32. The number of fused-ring (bicyclic) bond motifs is 1. The SMILES string of the molecule is CC(C)CC(CN1CCCC1)N(C)c1ccnc2cc(Cl)ccc12. The number of hydrogen-bond donors (Lipinski definition) is 0. The lowest BCUT2D eigenvalue weighted by atomic mass is 10.0. The summed E-state index contributed by atoms with van der Waals surface area (Å²) in [6.45, 7) is 8.26. The largest absolute Gasteiger partial charge is 0.370 e. The van der Waals surface area contributed by atoms with Gasteiger partial charge in [-0.15, -0.1) is 0 Å². The number of aromatic nitrogens is 1. The molecule has 1 aliphatic rings. The fourth-order valence-electron chi connectivity index (χ4n) is 3.77. The van der Waals surface area contributed by atoms with E-state index in [0.717, 1.165) is 17.1 Å². The zero-order valence-corrected chi connectivity index (χ0v) is 15.8. The highest BCUT2D eigenvalue weighted by Crippen LogP contribution is 2.29. The summed E-state index contributed by atoms with van der Waals surface area (Å²) in [5, 5.41) is 1.92. The van der Waals surface area contributed by atoms with Gasteiger partial charge in [-0.2, -0.15) is 0 Å². The maximum atomic E-state index is 6.14. The van der Waals surface area contributed by atoms with Gasteiger partial charge in [-0.1, -0.05) is 25.4 Å². The van der Waals surface area contributed by atoms with Crippen LogP contribution in [0.2, 0.25) is 5.02 Å². The molecule has 0 radical (unpaired) electrons. The Kier molecular flexibility index (Phi) is 5.62. The van der Waals surface area contributed by atoms with Crippen molar-refractivity contribution in [2.45, 2.75) is 39.2 Å². The first-order valence-corrected chi connectivity index (χ1v) is 9.42. The molecule has 1 unspecified atom stereocenters. The first-order chi connectivity index (χ1) is 11.5. The molecule has 1 saturated heterocycles. The van der Waals surface area contributed by atoms with Gasteiger partial charge in [-0.05, 0) is 62.5 Å². The Morgan fingerprint density at radius 2 is 1.96 bits per heavy atom. The van der Waals surface area contributed by atoms with Crippen molar-refractivity contribution in [1.29, 1.82) is 0 Å². The monoisotopic (exact) mass is 345 g/mol. The van der Waals surface area contributed by atoms with Crippen molar-refractivity contribution in [3.8, 4) is 0 Å². The number of nitrogens with zero attached hydrogens (tertiary/aromatic N) is 3. The molecular formula is C20H28ClN3. The van der Waals surface area contributed by atoms with Crippen LogP contribution in [0, 0.1) is 5.92 Å². The van der Waals surface area contributed by atoms with Gasteiger partial charge in [0, 0.05) is 41.9 Å². The second kappa shape index (κ2) is 7.71. The molecule has 0 N–H and O–H groups in total. The van der Waals surface area contributed by atoms with Crippen molar-refractivity contribution >= 4 is 28.2 Å². The van der Waals surface area contributed by atoms with Crippen LogP contribution in [0.5, 0.6) is 0 Å². The molecule has 1 atom stereocenters. The van der Waals surface area contributed by atoms with Crippen molar-refractivity contribution in [2.75, 3.05) is 31.6 Å². The van der Waals surface area contributed by atoms with Gasteiger partial charge in [0.05, 0.1) is 5.52 Å². The Morgan fingerprint density at radius 3 is 2.67 bits per heavy atom. The maximum absolute atomic E-state index is 6.14. The summed E-state index contributed by atoms with van der Waals surface area (Å²) in [5.74, 6) is 0.683. The fraction of sp³-hybridized carbons (Fsp3) is 0.550. The normalized spacial score (nSPS) is 16.9. The Labute approximate surface area is 150 Å². The van der Waals surface area contributed by atoms with Gasteiger partial charge in [-0.3, -0.25) is 4.98 Å². The molecule has 1 fully saturated rings. The highest BCUT2D eigenvalue weighted by atomic mass is 35.5. The Bertz CT molecular complexity index is 680. The molecule has 1 aromatic heterocycles. The van der Waals surface area contributed by atoms with E-state index >= 15 is 0 Å². The van der Waals surface area contributed by atoms with E-state index in [2.05, 4.69) is 47.8 Å². The van der Waals surface area contributed by atoms with Gasteiger partial charge in [0.2, 0.25) is 0 Å². The van der Waals surface area contributed by atoms with Crippen LogP contribution in [-0.2, 0) is 0 Å². The molecule has 0 aliphatic carbocycles. The van der Waals surface area contributed by atoms with Crippen LogP contribution in [-0.4, -0.2) is 42.6 Å². The van der Waals surface area contributed by atoms with Gasteiger partial charge in [0.25, 0.3) is 0 Å². The predicted molar refractivity (Wildman–Crippen MR) is 104 cm³/mol. The molecule has 0 saturated carbocycles. The predicted octanol–water partition coefficient (Wildman–Crippen LogP) is 4.83. The average molecular weight is 346 g/mol. The fourth-order valence-corrected chi connectivity index (χ4v) is 3.94. The summed E-state index contributed by atoms with van der Waals surface area (Å²) in [7, 11) is 2.23.